The third-order valence-corrected chi connectivity index (χ3v) is 6.64. The summed E-state index contributed by atoms with van der Waals surface area (Å²) < 4.78 is 11.9. The number of aliphatic hydroxyl groups excluding tert-OH is 1. The Morgan fingerprint density at radius 2 is 1.76 bits per heavy atom. The molecule has 2 unspecified atom stereocenters. The fraction of sp³-hybridized carbons (Fsp3) is 1.00. The van der Waals surface area contributed by atoms with Gasteiger partial charge in [0.15, 0.2) is 0 Å². The number of rotatable bonds is 3. The van der Waals surface area contributed by atoms with Gasteiger partial charge >= 0.3 is 0 Å². The molecule has 0 amide bonds. The van der Waals surface area contributed by atoms with E-state index < -0.39 is 0 Å². The molecule has 1 spiro atoms. The third kappa shape index (κ3) is 2.89. The molecule has 2 aliphatic carbocycles. The minimum atomic E-state index is -0.333. The van der Waals surface area contributed by atoms with E-state index in [1.165, 1.54) is 19.3 Å². The van der Waals surface area contributed by atoms with E-state index in [9.17, 15) is 5.11 Å². The van der Waals surface area contributed by atoms with Crippen molar-refractivity contribution in [1.82, 2.24) is 0 Å². The summed E-state index contributed by atoms with van der Waals surface area (Å²) in [6.07, 6.45) is 9.60. The molecule has 3 heteroatoms. The Balaban J connectivity index is 1.69. The van der Waals surface area contributed by atoms with Gasteiger partial charge in [0.25, 0.3) is 0 Å². The molecule has 0 bridgehead atoms. The zero-order valence-corrected chi connectivity index (χ0v) is 14.0. The van der Waals surface area contributed by atoms with Crippen molar-refractivity contribution in [3.8, 4) is 0 Å². The van der Waals surface area contributed by atoms with Gasteiger partial charge in [-0.05, 0) is 69.1 Å². The molecule has 3 aliphatic rings. The van der Waals surface area contributed by atoms with Gasteiger partial charge in [-0.1, -0.05) is 13.8 Å². The van der Waals surface area contributed by atoms with Crippen LogP contribution in [0, 0.1) is 11.3 Å². The highest BCUT2D eigenvalue weighted by Gasteiger charge is 2.51. The number of hydrogen-bond donors (Lipinski definition) is 1. The lowest BCUT2D eigenvalue weighted by Gasteiger charge is -2.52. The monoisotopic (exact) mass is 296 g/mol. The molecule has 21 heavy (non-hydrogen) atoms. The number of hydrogen-bond acceptors (Lipinski definition) is 3. The van der Waals surface area contributed by atoms with E-state index in [2.05, 4.69) is 13.8 Å². The lowest BCUT2D eigenvalue weighted by molar-refractivity contribution is -0.198. The van der Waals surface area contributed by atoms with Gasteiger partial charge < -0.3 is 14.6 Å². The van der Waals surface area contributed by atoms with E-state index in [0.717, 1.165) is 45.1 Å². The van der Waals surface area contributed by atoms with Crippen LogP contribution in [0.25, 0.3) is 0 Å². The summed E-state index contributed by atoms with van der Waals surface area (Å²) in [5, 5.41) is 11.1. The SMILES string of the molecule is COC1(C(O)C2CCOC3(CCC3)C2)CCC(C)(C)CC1. The summed E-state index contributed by atoms with van der Waals surface area (Å²) in [5.74, 6) is 0.347. The summed E-state index contributed by atoms with van der Waals surface area (Å²) >= 11 is 0. The Kier molecular flexibility index (Phi) is 4.13. The zero-order valence-electron chi connectivity index (χ0n) is 14.0. The van der Waals surface area contributed by atoms with E-state index >= 15 is 0 Å². The fourth-order valence-corrected chi connectivity index (χ4v) is 4.65. The Morgan fingerprint density at radius 1 is 1.10 bits per heavy atom. The Bertz CT molecular complexity index is 363. The Morgan fingerprint density at radius 3 is 2.29 bits per heavy atom. The molecule has 2 atom stereocenters. The molecule has 122 valence electrons. The average molecular weight is 296 g/mol. The number of aliphatic hydroxyl groups is 1. The predicted octanol–water partition coefficient (Wildman–Crippen LogP) is 3.68. The Labute approximate surface area is 129 Å². The van der Waals surface area contributed by atoms with Crippen molar-refractivity contribution in [1.29, 1.82) is 0 Å². The van der Waals surface area contributed by atoms with Crippen molar-refractivity contribution in [2.75, 3.05) is 13.7 Å². The van der Waals surface area contributed by atoms with Crippen LogP contribution in [0.1, 0.15) is 71.6 Å². The molecule has 0 aromatic carbocycles. The van der Waals surface area contributed by atoms with Gasteiger partial charge in [-0.3, -0.25) is 0 Å². The van der Waals surface area contributed by atoms with E-state index in [1.54, 1.807) is 7.11 Å². The molecule has 1 heterocycles. The lowest BCUT2D eigenvalue weighted by atomic mass is 9.64. The summed E-state index contributed by atoms with van der Waals surface area (Å²) in [6, 6.07) is 0. The average Bonchev–Trinajstić information content (AvgIpc) is 2.46. The maximum absolute atomic E-state index is 11.1. The highest BCUT2D eigenvalue weighted by molar-refractivity contribution is 5.02. The van der Waals surface area contributed by atoms with E-state index in [1.807, 2.05) is 0 Å². The first-order valence-electron chi connectivity index (χ1n) is 8.78. The van der Waals surface area contributed by atoms with Gasteiger partial charge in [0.05, 0.1) is 17.3 Å². The highest BCUT2D eigenvalue weighted by atomic mass is 16.5. The van der Waals surface area contributed by atoms with E-state index in [0.29, 0.717) is 11.3 Å². The van der Waals surface area contributed by atoms with Crippen LogP contribution in [0.2, 0.25) is 0 Å². The first-order valence-corrected chi connectivity index (χ1v) is 8.78. The van der Waals surface area contributed by atoms with Gasteiger partial charge in [0.2, 0.25) is 0 Å². The van der Waals surface area contributed by atoms with Crippen LogP contribution in [0.4, 0.5) is 0 Å². The summed E-state index contributed by atoms with van der Waals surface area (Å²) in [6.45, 7) is 5.47. The van der Waals surface area contributed by atoms with Gasteiger partial charge in [-0.2, -0.15) is 0 Å². The molecule has 1 saturated heterocycles. The lowest BCUT2D eigenvalue weighted by Crippen LogP contribution is -2.55. The van der Waals surface area contributed by atoms with Crippen LogP contribution in [0.5, 0.6) is 0 Å². The molecule has 0 aromatic rings. The smallest absolute Gasteiger partial charge is 0.0939 e. The largest absolute Gasteiger partial charge is 0.390 e. The summed E-state index contributed by atoms with van der Waals surface area (Å²) in [7, 11) is 1.79. The first-order chi connectivity index (χ1) is 9.90. The zero-order chi connectivity index (χ0) is 15.1. The summed E-state index contributed by atoms with van der Waals surface area (Å²) in [4.78, 5) is 0. The topological polar surface area (TPSA) is 38.7 Å². The molecule has 2 saturated carbocycles. The highest BCUT2D eigenvalue weighted by Crippen LogP contribution is 2.49. The molecular weight excluding hydrogens is 264 g/mol. The van der Waals surface area contributed by atoms with Crippen molar-refractivity contribution in [3.63, 3.8) is 0 Å². The maximum atomic E-state index is 11.1. The van der Waals surface area contributed by atoms with Crippen molar-refractivity contribution >= 4 is 0 Å². The van der Waals surface area contributed by atoms with Crippen LogP contribution >= 0.6 is 0 Å². The molecule has 3 fully saturated rings. The van der Waals surface area contributed by atoms with E-state index in [4.69, 9.17) is 9.47 Å². The van der Waals surface area contributed by atoms with Crippen molar-refractivity contribution in [3.05, 3.63) is 0 Å². The number of ether oxygens (including phenoxy) is 2. The molecule has 0 aromatic heterocycles. The van der Waals surface area contributed by atoms with Gasteiger partial charge in [0.1, 0.15) is 0 Å². The third-order valence-electron chi connectivity index (χ3n) is 6.64. The molecule has 3 rings (SSSR count). The second kappa shape index (κ2) is 5.50. The van der Waals surface area contributed by atoms with Crippen molar-refractivity contribution in [2.45, 2.75) is 88.9 Å². The number of methoxy groups -OCH3 is 1. The van der Waals surface area contributed by atoms with E-state index in [-0.39, 0.29) is 17.3 Å². The van der Waals surface area contributed by atoms with Crippen LogP contribution in [0.3, 0.4) is 0 Å². The minimum absolute atomic E-state index is 0.104. The van der Waals surface area contributed by atoms with Crippen LogP contribution in [-0.4, -0.2) is 36.1 Å². The van der Waals surface area contributed by atoms with Crippen LogP contribution in [-0.2, 0) is 9.47 Å². The summed E-state index contributed by atoms with van der Waals surface area (Å²) in [5.41, 5.74) is 0.182. The van der Waals surface area contributed by atoms with Gasteiger partial charge in [0, 0.05) is 13.7 Å². The predicted molar refractivity (Wildman–Crippen MR) is 83.3 cm³/mol. The van der Waals surface area contributed by atoms with Crippen molar-refractivity contribution in [2.24, 2.45) is 11.3 Å². The Hall–Kier alpha value is -0.120. The van der Waals surface area contributed by atoms with Gasteiger partial charge in [-0.25, -0.2) is 0 Å². The molecule has 0 radical (unpaired) electrons. The first kappa shape index (κ1) is 15.8. The van der Waals surface area contributed by atoms with Crippen LogP contribution in [0.15, 0.2) is 0 Å². The molecule has 1 aliphatic heterocycles. The van der Waals surface area contributed by atoms with Crippen molar-refractivity contribution < 1.29 is 14.6 Å². The maximum Gasteiger partial charge on any atom is 0.0939 e. The van der Waals surface area contributed by atoms with Crippen LogP contribution < -0.4 is 0 Å². The van der Waals surface area contributed by atoms with Gasteiger partial charge in [-0.15, -0.1) is 0 Å². The second-order valence-electron chi connectivity index (χ2n) is 8.52. The normalized spacial score (nSPS) is 35.1. The molecular formula is C18H32O3. The molecule has 1 N–H and O–H groups in total. The standard InChI is InChI=1S/C18H32O3/c1-16(2)8-10-18(20-3,11-9-16)15(19)14-5-12-21-17(13-14)6-4-7-17/h14-15,19H,4-13H2,1-3H3. The second-order valence-corrected chi connectivity index (χ2v) is 8.52. The fourth-order valence-electron chi connectivity index (χ4n) is 4.65. The molecule has 3 nitrogen and oxygen atoms in total. The minimum Gasteiger partial charge on any atom is -0.390 e. The quantitative estimate of drug-likeness (QED) is 0.863.